The van der Waals surface area contributed by atoms with E-state index in [1.807, 2.05) is 12.3 Å². The lowest BCUT2D eigenvalue weighted by Gasteiger charge is -2.04. The number of nitrogens with one attached hydrogen (secondary N) is 2. The highest BCUT2D eigenvalue weighted by Crippen LogP contribution is 2.20. The summed E-state index contributed by atoms with van der Waals surface area (Å²) in [5, 5.41) is 2.77. The normalized spacial score (nSPS) is 10.3. The maximum Gasteiger partial charge on any atom is 0.230 e. The fraction of sp³-hybridized carbons (Fsp3) is 0.154. The molecular weight excluding hydrogens is 251 g/mol. The van der Waals surface area contributed by atoms with Gasteiger partial charge >= 0.3 is 0 Å². The summed E-state index contributed by atoms with van der Waals surface area (Å²) < 4.78 is 13.3. The standard InChI is InChI=1S/C13H13FN2OS/c14-11-3-1-2-4-12(11)18-9-13(17)16-8-10-5-6-15-7-10/h1-7,15H,8-9H2,(H,16,17). The summed E-state index contributed by atoms with van der Waals surface area (Å²) >= 11 is 1.20. The van der Waals surface area contributed by atoms with Crippen LogP contribution in [-0.2, 0) is 11.3 Å². The second kappa shape index (κ2) is 6.26. The molecule has 0 saturated carbocycles. The number of carbonyl (C=O) groups is 1. The van der Waals surface area contributed by atoms with Gasteiger partial charge < -0.3 is 10.3 Å². The number of thioether (sulfide) groups is 1. The average Bonchev–Trinajstić information content (AvgIpc) is 2.88. The van der Waals surface area contributed by atoms with Gasteiger partial charge in [-0.2, -0.15) is 0 Å². The predicted molar refractivity (Wildman–Crippen MR) is 69.8 cm³/mol. The van der Waals surface area contributed by atoms with Crippen LogP contribution in [0, 0.1) is 5.82 Å². The monoisotopic (exact) mass is 264 g/mol. The minimum Gasteiger partial charge on any atom is -0.367 e. The number of benzene rings is 1. The van der Waals surface area contributed by atoms with Gasteiger partial charge in [0.15, 0.2) is 0 Å². The highest BCUT2D eigenvalue weighted by atomic mass is 32.2. The lowest BCUT2D eigenvalue weighted by atomic mass is 10.3. The van der Waals surface area contributed by atoms with Crippen LogP contribution in [0.4, 0.5) is 4.39 Å². The first kappa shape index (κ1) is 12.7. The molecule has 0 radical (unpaired) electrons. The van der Waals surface area contributed by atoms with E-state index in [1.165, 1.54) is 17.8 Å². The zero-order valence-corrected chi connectivity index (χ0v) is 10.5. The van der Waals surface area contributed by atoms with Gasteiger partial charge in [-0.25, -0.2) is 4.39 Å². The Labute approximate surface area is 109 Å². The molecule has 0 atom stereocenters. The number of H-pyrrole nitrogens is 1. The van der Waals surface area contributed by atoms with Gasteiger partial charge in [0.05, 0.1) is 5.75 Å². The lowest BCUT2D eigenvalue weighted by molar-refractivity contribution is -0.118. The molecule has 5 heteroatoms. The van der Waals surface area contributed by atoms with Gasteiger partial charge in [-0.05, 0) is 23.8 Å². The van der Waals surface area contributed by atoms with Crippen LogP contribution in [0.25, 0.3) is 0 Å². The number of rotatable bonds is 5. The second-order valence-corrected chi connectivity index (χ2v) is 4.73. The van der Waals surface area contributed by atoms with Crippen molar-refractivity contribution < 1.29 is 9.18 Å². The molecule has 1 heterocycles. The molecule has 0 aliphatic carbocycles. The molecule has 0 bridgehead atoms. The molecule has 1 aromatic carbocycles. The van der Waals surface area contributed by atoms with Crippen LogP contribution in [0.5, 0.6) is 0 Å². The Hall–Kier alpha value is -1.75. The maximum atomic E-state index is 13.3. The van der Waals surface area contributed by atoms with E-state index < -0.39 is 0 Å². The van der Waals surface area contributed by atoms with Crippen molar-refractivity contribution >= 4 is 17.7 Å². The molecule has 3 nitrogen and oxygen atoms in total. The van der Waals surface area contributed by atoms with Gasteiger partial charge in [0, 0.05) is 23.8 Å². The van der Waals surface area contributed by atoms with Crippen LogP contribution in [-0.4, -0.2) is 16.6 Å². The summed E-state index contributed by atoms with van der Waals surface area (Å²) in [5.74, 6) is -0.184. The molecular formula is C13H13FN2OS. The summed E-state index contributed by atoms with van der Waals surface area (Å²) in [6.07, 6.45) is 3.62. The molecule has 1 aromatic heterocycles. The number of aromatic nitrogens is 1. The second-order valence-electron chi connectivity index (χ2n) is 3.72. The quantitative estimate of drug-likeness (QED) is 0.815. The Morgan fingerprint density at radius 3 is 2.89 bits per heavy atom. The van der Waals surface area contributed by atoms with Gasteiger partial charge in [-0.3, -0.25) is 4.79 Å². The highest BCUT2D eigenvalue weighted by molar-refractivity contribution is 8.00. The number of amides is 1. The molecule has 0 saturated heterocycles. The number of hydrogen-bond acceptors (Lipinski definition) is 2. The molecule has 1 amide bonds. The summed E-state index contributed by atoms with van der Waals surface area (Å²) in [4.78, 5) is 15.0. The van der Waals surface area contributed by atoms with Crippen LogP contribution < -0.4 is 5.32 Å². The van der Waals surface area contributed by atoms with Crippen molar-refractivity contribution in [3.05, 3.63) is 54.1 Å². The molecule has 94 valence electrons. The Balaban J connectivity index is 1.77. The molecule has 2 N–H and O–H groups in total. The predicted octanol–water partition coefficient (Wildman–Crippen LogP) is 2.56. The summed E-state index contributed by atoms with van der Waals surface area (Å²) in [6.45, 7) is 0.486. The van der Waals surface area contributed by atoms with E-state index in [1.54, 1.807) is 24.4 Å². The van der Waals surface area contributed by atoms with E-state index in [0.29, 0.717) is 11.4 Å². The first-order valence-corrected chi connectivity index (χ1v) is 6.50. The third-order valence-electron chi connectivity index (χ3n) is 2.35. The van der Waals surface area contributed by atoms with Crippen molar-refractivity contribution in [2.45, 2.75) is 11.4 Å². The number of hydrogen-bond donors (Lipinski definition) is 2. The summed E-state index contributed by atoms with van der Waals surface area (Å²) in [6, 6.07) is 8.33. The van der Waals surface area contributed by atoms with Crippen LogP contribution >= 0.6 is 11.8 Å². The zero-order valence-electron chi connectivity index (χ0n) is 9.65. The molecule has 0 aliphatic rings. The van der Waals surface area contributed by atoms with Crippen molar-refractivity contribution in [3.8, 4) is 0 Å². The van der Waals surface area contributed by atoms with Crippen molar-refractivity contribution in [3.63, 3.8) is 0 Å². The molecule has 18 heavy (non-hydrogen) atoms. The van der Waals surface area contributed by atoms with Crippen LogP contribution in [0.15, 0.2) is 47.6 Å². The van der Waals surface area contributed by atoms with Gasteiger partial charge in [0.1, 0.15) is 5.82 Å². The summed E-state index contributed by atoms with van der Waals surface area (Å²) in [5.41, 5.74) is 1.01. The first-order valence-electron chi connectivity index (χ1n) is 5.51. The fourth-order valence-corrected chi connectivity index (χ4v) is 2.19. The van der Waals surface area contributed by atoms with Crippen molar-refractivity contribution in [1.29, 1.82) is 0 Å². The largest absolute Gasteiger partial charge is 0.367 e. The van der Waals surface area contributed by atoms with E-state index in [9.17, 15) is 9.18 Å². The topological polar surface area (TPSA) is 44.9 Å². The Morgan fingerprint density at radius 2 is 2.17 bits per heavy atom. The van der Waals surface area contributed by atoms with Crippen molar-refractivity contribution in [1.82, 2.24) is 10.3 Å². The highest BCUT2D eigenvalue weighted by Gasteiger charge is 2.06. The molecule has 2 aromatic rings. The number of aromatic amines is 1. The van der Waals surface area contributed by atoms with Gasteiger partial charge in [0.25, 0.3) is 0 Å². The maximum absolute atomic E-state index is 13.3. The van der Waals surface area contributed by atoms with Crippen molar-refractivity contribution in [2.24, 2.45) is 0 Å². The minimum atomic E-state index is -0.291. The van der Waals surface area contributed by atoms with Crippen LogP contribution in [0.3, 0.4) is 0 Å². The van der Waals surface area contributed by atoms with Crippen LogP contribution in [0.1, 0.15) is 5.56 Å². The van der Waals surface area contributed by atoms with Gasteiger partial charge in [-0.1, -0.05) is 12.1 Å². The van der Waals surface area contributed by atoms with E-state index in [0.717, 1.165) is 5.56 Å². The molecule has 0 fully saturated rings. The molecule has 0 spiro atoms. The van der Waals surface area contributed by atoms with E-state index >= 15 is 0 Å². The SMILES string of the molecule is O=C(CSc1ccccc1F)NCc1cc[nH]c1. The number of halogens is 1. The van der Waals surface area contributed by atoms with E-state index in [-0.39, 0.29) is 17.5 Å². The lowest BCUT2D eigenvalue weighted by Crippen LogP contribution is -2.24. The van der Waals surface area contributed by atoms with Gasteiger partial charge in [-0.15, -0.1) is 11.8 Å². The smallest absolute Gasteiger partial charge is 0.230 e. The molecule has 2 rings (SSSR count). The Bertz CT molecular complexity index is 513. The molecule has 0 aliphatic heterocycles. The Kier molecular flexibility index (Phi) is 4.41. The first-order chi connectivity index (χ1) is 8.75. The molecule has 0 unspecified atom stereocenters. The third kappa shape index (κ3) is 3.63. The minimum absolute atomic E-state index is 0.107. The van der Waals surface area contributed by atoms with E-state index in [4.69, 9.17) is 0 Å². The average molecular weight is 264 g/mol. The van der Waals surface area contributed by atoms with Gasteiger partial charge in [0.2, 0.25) is 5.91 Å². The number of carbonyl (C=O) groups excluding carboxylic acids is 1. The van der Waals surface area contributed by atoms with E-state index in [2.05, 4.69) is 10.3 Å². The summed E-state index contributed by atoms with van der Waals surface area (Å²) in [7, 11) is 0. The third-order valence-corrected chi connectivity index (χ3v) is 3.40. The van der Waals surface area contributed by atoms with Crippen LogP contribution in [0.2, 0.25) is 0 Å². The zero-order chi connectivity index (χ0) is 12.8. The fourth-order valence-electron chi connectivity index (χ4n) is 1.43. The van der Waals surface area contributed by atoms with Crippen molar-refractivity contribution in [2.75, 3.05) is 5.75 Å². The Morgan fingerprint density at radius 1 is 1.33 bits per heavy atom.